The summed E-state index contributed by atoms with van der Waals surface area (Å²) in [5, 5.41) is 11.9. The minimum atomic E-state index is -1.01. The number of hydrogen-bond donors (Lipinski definition) is 2. The maximum Gasteiger partial charge on any atom is 0.335 e. The van der Waals surface area contributed by atoms with Gasteiger partial charge in [-0.3, -0.25) is 9.59 Å². The van der Waals surface area contributed by atoms with Gasteiger partial charge in [0.2, 0.25) is 0 Å². The number of nitrogens with zero attached hydrogens (tertiary/aromatic N) is 1. The number of hydrogen-bond acceptors (Lipinski definition) is 3. The van der Waals surface area contributed by atoms with E-state index in [4.69, 9.17) is 5.11 Å². The monoisotopic (exact) mass is 352 g/mol. The highest BCUT2D eigenvalue weighted by atomic mass is 16.4. The van der Waals surface area contributed by atoms with Crippen LogP contribution in [0.1, 0.15) is 43.9 Å². The predicted octanol–water partition coefficient (Wildman–Crippen LogP) is 2.42. The Kier molecular flexibility index (Phi) is 5.31. The van der Waals surface area contributed by atoms with Crippen LogP contribution in [0.4, 0.5) is 0 Å². The lowest BCUT2D eigenvalue weighted by Gasteiger charge is -2.32. The molecule has 2 aromatic rings. The molecule has 134 valence electrons. The minimum Gasteiger partial charge on any atom is -0.478 e. The maximum absolute atomic E-state index is 12.5. The molecule has 6 nitrogen and oxygen atoms in total. The molecule has 1 heterocycles. The zero-order valence-corrected chi connectivity index (χ0v) is 14.2. The number of likely N-dealkylation sites (tertiary alicyclic amines) is 1. The van der Waals surface area contributed by atoms with Crippen molar-refractivity contribution in [3.8, 4) is 0 Å². The van der Waals surface area contributed by atoms with Crippen molar-refractivity contribution < 1.29 is 19.5 Å². The number of carboxylic acid groups (broad SMARTS) is 1. The van der Waals surface area contributed by atoms with Gasteiger partial charge in [0.05, 0.1) is 5.56 Å². The van der Waals surface area contributed by atoms with E-state index in [0.29, 0.717) is 37.1 Å². The first kappa shape index (κ1) is 17.7. The smallest absolute Gasteiger partial charge is 0.335 e. The number of nitrogens with one attached hydrogen (secondary N) is 1. The van der Waals surface area contributed by atoms with Crippen molar-refractivity contribution in [3.63, 3.8) is 0 Å². The second kappa shape index (κ2) is 7.82. The van der Waals surface area contributed by atoms with Crippen molar-refractivity contribution in [2.45, 2.75) is 18.9 Å². The van der Waals surface area contributed by atoms with Crippen LogP contribution in [0.15, 0.2) is 54.6 Å². The van der Waals surface area contributed by atoms with Crippen molar-refractivity contribution in [1.29, 1.82) is 0 Å². The molecular weight excluding hydrogens is 332 g/mol. The number of carbonyl (C=O) groups is 3. The first-order valence-electron chi connectivity index (χ1n) is 8.53. The molecule has 0 saturated carbocycles. The fourth-order valence-corrected chi connectivity index (χ4v) is 3.02. The van der Waals surface area contributed by atoms with E-state index in [0.717, 1.165) is 0 Å². The van der Waals surface area contributed by atoms with Crippen LogP contribution in [0.25, 0.3) is 0 Å². The standard InChI is InChI=1S/C20H20N2O4/c23-18(14-4-2-1-3-5-14)21-17-10-12-22(13-11-17)19(24)15-6-8-16(9-7-15)20(25)26/h1-9,17H,10-13H2,(H,21,23)(H,25,26). The second-order valence-electron chi connectivity index (χ2n) is 6.29. The zero-order valence-electron chi connectivity index (χ0n) is 14.2. The Balaban J connectivity index is 1.54. The predicted molar refractivity (Wildman–Crippen MR) is 96.2 cm³/mol. The SMILES string of the molecule is O=C(O)c1ccc(C(=O)N2CCC(NC(=O)c3ccccc3)CC2)cc1. The van der Waals surface area contributed by atoms with Crippen LogP contribution >= 0.6 is 0 Å². The van der Waals surface area contributed by atoms with E-state index in [2.05, 4.69) is 5.32 Å². The number of carboxylic acids is 1. The van der Waals surface area contributed by atoms with Crippen molar-refractivity contribution in [3.05, 3.63) is 71.3 Å². The highest BCUT2D eigenvalue weighted by molar-refractivity contribution is 5.96. The molecule has 2 amide bonds. The highest BCUT2D eigenvalue weighted by Gasteiger charge is 2.25. The van der Waals surface area contributed by atoms with E-state index < -0.39 is 5.97 Å². The lowest BCUT2D eigenvalue weighted by molar-refractivity contribution is 0.0682. The molecule has 1 aliphatic rings. The molecule has 26 heavy (non-hydrogen) atoms. The summed E-state index contributed by atoms with van der Waals surface area (Å²) < 4.78 is 0. The van der Waals surface area contributed by atoms with Gasteiger partial charge in [-0.1, -0.05) is 18.2 Å². The normalized spacial score (nSPS) is 14.7. The van der Waals surface area contributed by atoms with Crippen LogP contribution in [0, 0.1) is 0 Å². The Morgan fingerprint density at radius 2 is 1.42 bits per heavy atom. The summed E-state index contributed by atoms with van der Waals surface area (Å²) in [5.74, 6) is -1.23. The van der Waals surface area contributed by atoms with Gasteiger partial charge in [-0.05, 0) is 49.2 Å². The number of carbonyl (C=O) groups excluding carboxylic acids is 2. The molecular formula is C20H20N2O4. The molecule has 0 bridgehead atoms. The van der Waals surface area contributed by atoms with Gasteiger partial charge in [-0.15, -0.1) is 0 Å². The average Bonchev–Trinajstić information content (AvgIpc) is 2.69. The van der Waals surface area contributed by atoms with Crippen molar-refractivity contribution in [2.24, 2.45) is 0 Å². The summed E-state index contributed by atoms with van der Waals surface area (Å²) in [4.78, 5) is 37.3. The van der Waals surface area contributed by atoms with Gasteiger partial charge in [-0.25, -0.2) is 4.79 Å². The Hall–Kier alpha value is -3.15. The third kappa shape index (κ3) is 4.08. The van der Waals surface area contributed by atoms with Crippen molar-refractivity contribution >= 4 is 17.8 Å². The summed E-state index contributed by atoms with van der Waals surface area (Å²) >= 11 is 0. The van der Waals surface area contributed by atoms with Crippen LogP contribution < -0.4 is 5.32 Å². The average molecular weight is 352 g/mol. The molecule has 0 unspecified atom stereocenters. The number of benzene rings is 2. The fourth-order valence-electron chi connectivity index (χ4n) is 3.02. The molecule has 0 spiro atoms. The molecule has 1 aliphatic heterocycles. The molecule has 2 N–H and O–H groups in total. The highest BCUT2D eigenvalue weighted by Crippen LogP contribution is 2.15. The first-order chi connectivity index (χ1) is 12.5. The summed E-state index contributed by atoms with van der Waals surface area (Å²) in [7, 11) is 0. The van der Waals surface area contributed by atoms with Gasteiger partial charge in [0, 0.05) is 30.3 Å². The molecule has 6 heteroatoms. The molecule has 0 aliphatic carbocycles. The summed E-state index contributed by atoms with van der Waals surface area (Å²) in [6, 6.07) is 15.0. The van der Waals surface area contributed by atoms with Crippen LogP contribution in [-0.2, 0) is 0 Å². The lowest BCUT2D eigenvalue weighted by atomic mass is 10.0. The topological polar surface area (TPSA) is 86.7 Å². The molecule has 1 saturated heterocycles. The summed E-state index contributed by atoms with van der Waals surface area (Å²) in [6.45, 7) is 1.11. The lowest BCUT2D eigenvalue weighted by Crippen LogP contribution is -2.46. The molecule has 1 fully saturated rings. The number of rotatable bonds is 4. The van der Waals surface area contributed by atoms with Gasteiger partial charge in [0.25, 0.3) is 11.8 Å². The van der Waals surface area contributed by atoms with Gasteiger partial charge in [-0.2, -0.15) is 0 Å². The summed E-state index contributed by atoms with van der Waals surface area (Å²) in [5.41, 5.74) is 1.26. The van der Waals surface area contributed by atoms with E-state index in [1.54, 1.807) is 17.0 Å². The molecule has 2 aromatic carbocycles. The zero-order chi connectivity index (χ0) is 18.5. The first-order valence-corrected chi connectivity index (χ1v) is 8.53. The Labute approximate surface area is 151 Å². The maximum atomic E-state index is 12.5. The van der Waals surface area contributed by atoms with Crippen molar-refractivity contribution in [2.75, 3.05) is 13.1 Å². The largest absolute Gasteiger partial charge is 0.478 e. The Bertz CT molecular complexity index is 794. The molecule has 3 rings (SSSR count). The van der Waals surface area contributed by atoms with E-state index >= 15 is 0 Å². The van der Waals surface area contributed by atoms with Gasteiger partial charge < -0.3 is 15.3 Å². The minimum absolute atomic E-state index is 0.0427. The van der Waals surface area contributed by atoms with Crippen molar-refractivity contribution in [1.82, 2.24) is 10.2 Å². The summed E-state index contributed by atoms with van der Waals surface area (Å²) in [6.07, 6.45) is 1.38. The van der Waals surface area contributed by atoms with Gasteiger partial charge in [0.15, 0.2) is 0 Å². The fraction of sp³-hybridized carbons (Fsp3) is 0.250. The Morgan fingerprint density at radius 3 is 2.00 bits per heavy atom. The van der Waals surface area contributed by atoms with Gasteiger partial charge in [0.1, 0.15) is 0 Å². The van der Waals surface area contributed by atoms with E-state index in [1.165, 1.54) is 24.3 Å². The van der Waals surface area contributed by atoms with E-state index in [9.17, 15) is 14.4 Å². The van der Waals surface area contributed by atoms with Crippen LogP contribution in [-0.4, -0.2) is 46.9 Å². The van der Waals surface area contributed by atoms with E-state index in [1.807, 2.05) is 18.2 Å². The number of amides is 2. The van der Waals surface area contributed by atoms with Crippen LogP contribution in [0.3, 0.4) is 0 Å². The third-order valence-corrected chi connectivity index (χ3v) is 4.53. The van der Waals surface area contributed by atoms with E-state index in [-0.39, 0.29) is 23.4 Å². The quantitative estimate of drug-likeness (QED) is 0.885. The molecule has 0 atom stereocenters. The van der Waals surface area contributed by atoms with Crippen LogP contribution in [0.5, 0.6) is 0 Å². The number of piperidine rings is 1. The number of aromatic carboxylic acids is 1. The molecule has 0 aromatic heterocycles. The molecule has 0 radical (unpaired) electrons. The third-order valence-electron chi connectivity index (χ3n) is 4.53. The Morgan fingerprint density at radius 1 is 0.846 bits per heavy atom. The van der Waals surface area contributed by atoms with Gasteiger partial charge >= 0.3 is 5.97 Å². The second-order valence-corrected chi connectivity index (χ2v) is 6.29. The van der Waals surface area contributed by atoms with Crippen LogP contribution in [0.2, 0.25) is 0 Å².